The molecule has 0 saturated carbocycles. The molecule has 0 bridgehead atoms. The van der Waals surface area contributed by atoms with E-state index in [9.17, 15) is 4.39 Å². The van der Waals surface area contributed by atoms with Crippen molar-refractivity contribution in [2.75, 3.05) is 32.1 Å². The molecule has 0 amide bonds. The number of nitrogens with zero attached hydrogens (tertiary/aromatic N) is 3. The van der Waals surface area contributed by atoms with Crippen LogP contribution in [0.5, 0.6) is 0 Å². The number of likely N-dealkylation sites (N-methyl/N-ethyl adjacent to an activating group) is 1. The van der Waals surface area contributed by atoms with Gasteiger partial charge in [-0.3, -0.25) is 0 Å². The van der Waals surface area contributed by atoms with Crippen LogP contribution in [0.4, 0.5) is 10.1 Å². The Morgan fingerprint density at radius 1 is 1.57 bits per heavy atom. The van der Waals surface area contributed by atoms with Gasteiger partial charge in [-0.25, -0.2) is 4.39 Å². The smallest absolute Gasteiger partial charge is 0.171 e. The van der Waals surface area contributed by atoms with Crippen LogP contribution in [0.2, 0.25) is 0 Å². The van der Waals surface area contributed by atoms with E-state index in [0.29, 0.717) is 17.3 Å². The van der Waals surface area contributed by atoms with Gasteiger partial charge in [-0.2, -0.15) is 0 Å². The lowest BCUT2D eigenvalue weighted by Crippen LogP contribution is -2.38. The van der Waals surface area contributed by atoms with Gasteiger partial charge in [-0.15, -0.1) is 0 Å². The molecular weight excluding hydrogens is 339 g/mol. The lowest BCUT2D eigenvalue weighted by Gasteiger charge is -2.29. The van der Waals surface area contributed by atoms with Crippen molar-refractivity contribution in [1.29, 1.82) is 0 Å². The van der Waals surface area contributed by atoms with E-state index in [4.69, 9.17) is 10.9 Å². The van der Waals surface area contributed by atoms with Gasteiger partial charge in [0.15, 0.2) is 11.7 Å². The Morgan fingerprint density at radius 3 is 2.90 bits per heavy atom. The Bertz CT molecular complexity index is 550. The van der Waals surface area contributed by atoms with Crippen molar-refractivity contribution >= 4 is 27.5 Å². The maximum atomic E-state index is 14.6. The normalized spacial score (nSPS) is 19.6. The highest BCUT2D eigenvalue weighted by molar-refractivity contribution is 9.10. The van der Waals surface area contributed by atoms with Gasteiger partial charge in [0, 0.05) is 24.7 Å². The number of rotatable bonds is 4. The predicted octanol–water partition coefficient (Wildman–Crippen LogP) is 2.21. The van der Waals surface area contributed by atoms with Crippen LogP contribution in [0.15, 0.2) is 21.8 Å². The lowest BCUT2D eigenvalue weighted by atomic mass is 10.1. The van der Waals surface area contributed by atoms with Gasteiger partial charge in [0.2, 0.25) is 0 Å². The third-order valence-electron chi connectivity index (χ3n) is 3.71. The highest BCUT2D eigenvalue weighted by Crippen LogP contribution is 2.33. The maximum absolute atomic E-state index is 14.6. The van der Waals surface area contributed by atoms with Crippen LogP contribution < -0.4 is 10.6 Å². The van der Waals surface area contributed by atoms with Gasteiger partial charge in [0.25, 0.3) is 0 Å². The molecule has 2 rings (SSSR count). The molecule has 0 aliphatic carbocycles. The highest BCUT2D eigenvalue weighted by atomic mass is 79.9. The average Bonchev–Trinajstić information content (AvgIpc) is 2.88. The van der Waals surface area contributed by atoms with Gasteiger partial charge in [0.05, 0.1) is 10.2 Å². The molecule has 1 aromatic rings. The SMILES string of the molecule is CN(C)CC1CCCN1c1ccc(/C(N)=N/O)c(Br)c1F. The van der Waals surface area contributed by atoms with Crippen LogP contribution in [0.3, 0.4) is 0 Å². The van der Waals surface area contributed by atoms with E-state index < -0.39 is 0 Å². The molecule has 0 spiro atoms. The summed E-state index contributed by atoms with van der Waals surface area (Å²) in [6.45, 7) is 1.73. The molecule has 1 aliphatic rings. The third kappa shape index (κ3) is 3.29. The molecule has 1 fully saturated rings. The van der Waals surface area contributed by atoms with E-state index in [-0.39, 0.29) is 16.1 Å². The zero-order valence-corrected chi connectivity index (χ0v) is 13.8. The molecule has 116 valence electrons. The van der Waals surface area contributed by atoms with E-state index in [1.807, 2.05) is 14.1 Å². The Morgan fingerprint density at radius 2 is 2.29 bits per heavy atom. The quantitative estimate of drug-likeness (QED) is 0.375. The van der Waals surface area contributed by atoms with Crippen molar-refractivity contribution < 1.29 is 9.60 Å². The number of anilines is 1. The predicted molar refractivity (Wildman–Crippen MR) is 85.5 cm³/mol. The number of oxime groups is 1. The molecule has 7 heteroatoms. The van der Waals surface area contributed by atoms with Gasteiger partial charge in [-0.1, -0.05) is 5.16 Å². The van der Waals surface area contributed by atoms with Crippen LogP contribution in [0.25, 0.3) is 0 Å². The van der Waals surface area contributed by atoms with Crippen LogP contribution in [-0.4, -0.2) is 49.2 Å². The summed E-state index contributed by atoms with van der Waals surface area (Å²) in [5, 5.41) is 11.6. The fourth-order valence-electron chi connectivity index (χ4n) is 2.78. The summed E-state index contributed by atoms with van der Waals surface area (Å²) in [7, 11) is 4.04. The van der Waals surface area contributed by atoms with Gasteiger partial charge >= 0.3 is 0 Å². The summed E-state index contributed by atoms with van der Waals surface area (Å²) in [4.78, 5) is 4.21. The number of benzene rings is 1. The summed E-state index contributed by atoms with van der Waals surface area (Å²) in [6, 6.07) is 3.67. The third-order valence-corrected chi connectivity index (χ3v) is 4.48. The number of amidine groups is 1. The second-order valence-electron chi connectivity index (χ2n) is 5.50. The van der Waals surface area contributed by atoms with Crippen LogP contribution in [0, 0.1) is 5.82 Å². The molecule has 21 heavy (non-hydrogen) atoms. The van der Waals surface area contributed by atoms with Gasteiger partial charge in [0.1, 0.15) is 0 Å². The molecule has 1 aliphatic heterocycles. The fourth-order valence-corrected chi connectivity index (χ4v) is 3.32. The maximum Gasteiger partial charge on any atom is 0.171 e. The number of halogens is 2. The van der Waals surface area contributed by atoms with Crippen molar-refractivity contribution in [1.82, 2.24) is 4.90 Å². The first-order valence-electron chi connectivity index (χ1n) is 6.83. The first-order chi connectivity index (χ1) is 9.95. The summed E-state index contributed by atoms with van der Waals surface area (Å²) in [5.74, 6) is -0.483. The van der Waals surface area contributed by atoms with Crippen molar-refractivity contribution in [3.63, 3.8) is 0 Å². The fraction of sp³-hybridized carbons (Fsp3) is 0.500. The zero-order valence-electron chi connectivity index (χ0n) is 12.2. The van der Waals surface area contributed by atoms with E-state index in [0.717, 1.165) is 25.9 Å². The first-order valence-corrected chi connectivity index (χ1v) is 7.62. The second-order valence-corrected chi connectivity index (χ2v) is 6.29. The first kappa shape index (κ1) is 16.0. The Kier molecular flexibility index (Phi) is 5.05. The van der Waals surface area contributed by atoms with Crippen molar-refractivity contribution in [2.24, 2.45) is 10.9 Å². The molecule has 1 unspecified atom stereocenters. The minimum Gasteiger partial charge on any atom is -0.409 e. The molecule has 1 atom stereocenters. The molecular formula is C14H20BrFN4O. The summed E-state index contributed by atoms with van der Waals surface area (Å²) < 4.78 is 14.9. The number of hydrogen-bond acceptors (Lipinski definition) is 4. The van der Waals surface area contributed by atoms with Crippen molar-refractivity contribution in [3.8, 4) is 0 Å². The molecule has 1 heterocycles. The molecule has 5 nitrogen and oxygen atoms in total. The van der Waals surface area contributed by atoms with E-state index >= 15 is 0 Å². The Hall–Kier alpha value is -1.34. The Labute approximate surface area is 132 Å². The minimum absolute atomic E-state index is 0.112. The standard InChI is InChI=1S/C14H20BrFN4O/c1-19(2)8-9-4-3-7-20(9)11-6-5-10(14(17)18-21)12(15)13(11)16/h5-6,9,21H,3-4,7-8H2,1-2H3,(H2,17,18). The summed E-state index contributed by atoms with van der Waals surface area (Å²) >= 11 is 3.21. The summed E-state index contributed by atoms with van der Waals surface area (Å²) in [6.07, 6.45) is 2.11. The Balaban J connectivity index is 2.34. The topological polar surface area (TPSA) is 65.1 Å². The zero-order chi connectivity index (χ0) is 15.6. The molecule has 3 N–H and O–H groups in total. The monoisotopic (exact) mass is 358 g/mol. The molecule has 1 saturated heterocycles. The number of nitrogens with two attached hydrogens (primary N) is 1. The van der Waals surface area contributed by atoms with Crippen molar-refractivity contribution in [2.45, 2.75) is 18.9 Å². The van der Waals surface area contributed by atoms with E-state index in [1.54, 1.807) is 12.1 Å². The summed E-state index contributed by atoms with van der Waals surface area (Å²) in [5.41, 5.74) is 6.45. The number of hydrogen-bond donors (Lipinski definition) is 2. The minimum atomic E-state index is -0.371. The van der Waals surface area contributed by atoms with E-state index in [1.165, 1.54) is 0 Å². The lowest BCUT2D eigenvalue weighted by molar-refractivity contribution is 0.318. The van der Waals surface area contributed by atoms with Crippen molar-refractivity contribution in [3.05, 3.63) is 28.0 Å². The van der Waals surface area contributed by atoms with Gasteiger partial charge < -0.3 is 20.7 Å². The largest absolute Gasteiger partial charge is 0.409 e. The average molecular weight is 359 g/mol. The highest BCUT2D eigenvalue weighted by Gasteiger charge is 2.28. The van der Waals surface area contributed by atoms with Crippen LogP contribution >= 0.6 is 15.9 Å². The second kappa shape index (κ2) is 6.62. The van der Waals surface area contributed by atoms with Gasteiger partial charge in [-0.05, 0) is 55.0 Å². The molecule has 1 aromatic carbocycles. The molecule has 0 aromatic heterocycles. The van der Waals surface area contributed by atoms with E-state index in [2.05, 4.69) is 30.9 Å². The molecule has 0 radical (unpaired) electrons. The van der Waals surface area contributed by atoms with Crippen LogP contribution in [-0.2, 0) is 0 Å². The van der Waals surface area contributed by atoms with Crippen LogP contribution in [0.1, 0.15) is 18.4 Å².